The van der Waals surface area contributed by atoms with Crippen LogP contribution in [-0.4, -0.2) is 26.6 Å². The van der Waals surface area contributed by atoms with Crippen LogP contribution in [0.25, 0.3) is 0 Å². The molecule has 6 nitrogen and oxygen atoms in total. The SMILES string of the molecule is Cc1cc(N2CC(CS(N)(=O)=O)CC2=O)ccc1C#N. The summed E-state index contributed by atoms with van der Waals surface area (Å²) in [5.41, 5.74) is 2.03. The van der Waals surface area contributed by atoms with Gasteiger partial charge in [0, 0.05) is 24.6 Å². The lowest BCUT2D eigenvalue weighted by atomic mass is 10.1. The predicted molar refractivity (Wildman–Crippen MR) is 74.3 cm³/mol. The molecule has 0 aromatic heterocycles. The topological polar surface area (TPSA) is 104 Å². The number of benzene rings is 1. The minimum atomic E-state index is -3.58. The van der Waals surface area contributed by atoms with Crippen LogP contribution in [0.3, 0.4) is 0 Å². The van der Waals surface area contributed by atoms with Crippen molar-refractivity contribution in [2.24, 2.45) is 11.1 Å². The molecule has 0 radical (unpaired) electrons. The summed E-state index contributed by atoms with van der Waals surface area (Å²) in [5.74, 6) is -0.596. The highest BCUT2D eigenvalue weighted by Gasteiger charge is 2.32. The van der Waals surface area contributed by atoms with Crippen LogP contribution in [0.2, 0.25) is 0 Å². The quantitative estimate of drug-likeness (QED) is 0.876. The molecule has 1 fully saturated rings. The lowest BCUT2D eigenvalue weighted by molar-refractivity contribution is -0.117. The first-order chi connectivity index (χ1) is 9.30. The van der Waals surface area contributed by atoms with Gasteiger partial charge < -0.3 is 4.90 Å². The van der Waals surface area contributed by atoms with Gasteiger partial charge in [-0.25, -0.2) is 13.6 Å². The third-order valence-corrected chi connectivity index (χ3v) is 4.25. The molecule has 1 amide bonds. The van der Waals surface area contributed by atoms with E-state index in [1.54, 1.807) is 30.0 Å². The van der Waals surface area contributed by atoms with Gasteiger partial charge in [0.2, 0.25) is 15.9 Å². The molecule has 1 aromatic carbocycles. The van der Waals surface area contributed by atoms with Crippen LogP contribution in [0.5, 0.6) is 0 Å². The van der Waals surface area contributed by atoms with Crippen LogP contribution in [0.4, 0.5) is 5.69 Å². The molecule has 0 saturated carbocycles. The second-order valence-electron chi connectivity index (χ2n) is 5.02. The summed E-state index contributed by atoms with van der Waals surface area (Å²) in [6.07, 6.45) is 0.176. The van der Waals surface area contributed by atoms with Crippen molar-refractivity contribution in [1.82, 2.24) is 0 Å². The minimum absolute atomic E-state index is 0.122. The Morgan fingerprint density at radius 2 is 2.20 bits per heavy atom. The molecule has 2 N–H and O–H groups in total. The predicted octanol–water partition coefficient (Wildman–Crippen LogP) is 0.508. The van der Waals surface area contributed by atoms with Gasteiger partial charge >= 0.3 is 0 Å². The first-order valence-corrected chi connectivity index (χ1v) is 7.83. The normalized spacial score (nSPS) is 19.1. The maximum Gasteiger partial charge on any atom is 0.227 e. The second kappa shape index (κ2) is 5.23. The van der Waals surface area contributed by atoms with Gasteiger partial charge in [-0.1, -0.05) is 0 Å². The lowest BCUT2D eigenvalue weighted by Gasteiger charge is -2.17. The highest BCUT2D eigenvalue weighted by molar-refractivity contribution is 7.89. The van der Waals surface area contributed by atoms with E-state index in [9.17, 15) is 13.2 Å². The van der Waals surface area contributed by atoms with E-state index in [-0.39, 0.29) is 24.0 Å². The standard InChI is InChI=1S/C13H15N3O3S/c1-9-4-12(3-2-11(9)6-14)16-7-10(5-13(16)17)8-20(15,18)19/h2-4,10H,5,7-8H2,1H3,(H2,15,18,19). The average molecular weight is 293 g/mol. The first-order valence-electron chi connectivity index (χ1n) is 6.12. The Morgan fingerprint density at radius 1 is 1.50 bits per heavy atom. The molecular weight excluding hydrogens is 278 g/mol. The summed E-state index contributed by atoms with van der Waals surface area (Å²) in [6, 6.07) is 7.18. The highest BCUT2D eigenvalue weighted by atomic mass is 32.2. The van der Waals surface area contributed by atoms with E-state index in [1.807, 2.05) is 0 Å². The van der Waals surface area contributed by atoms with Gasteiger partial charge in [0.05, 0.1) is 17.4 Å². The maximum atomic E-state index is 12.0. The van der Waals surface area contributed by atoms with E-state index < -0.39 is 10.0 Å². The largest absolute Gasteiger partial charge is 0.312 e. The van der Waals surface area contributed by atoms with Crippen molar-refractivity contribution in [3.8, 4) is 6.07 Å². The number of sulfonamides is 1. The number of hydrogen-bond acceptors (Lipinski definition) is 4. The molecule has 1 aliphatic rings. The highest BCUT2D eigenvalue weighted by Crippen LogP contribution is 2.27. The van der Waals surface area contributed by atoms with Crippen molar-refractivity contribution in [3.63, 3.8) is 0 Å². The maximum absolute atomic E-state index is 12.0. The molecule has 1 aromatic rings. The summed E-state index contributed by atoms with van der Waals surface area (Å²) in [4.78, 5) is 13.5. The Balaban J connectivity index is 2.20. The van der Waals surface area contributed by atoms with Crippen LogP contribution in [0.1, 0.15) is 17.5 Å². The zero-order valence-corrected chi connectivity index (χ0v) is 11.9. The lowest BCUT2D eigenvalue weighted by Crippen LogP contribution is -2.27. The van der Waals surface area contributed by atoms with Gasteiger partial charge in [0.15, 0.2) is 0 Å². The smallest absolute Gasteiger partial charge is 0.227 e. The number of amides is 1. The summed E-state index contributed by atoms with van der Waals surface area (Å²) in [7, 11) is -3.58. The van der Waals surface area contributed by atoms with E-state index in [4.69, 9.17) is 10.4 Å². The van der Waals surface area contributed by atoms with Crippen LogP contribution in [-0.2, 0) is 14.8 Å². The van der Waals surface area contributed by atoms with Gasteiger partial charge in [-0.3, -0.25) is 4.79 Å². The molecule has 20 heavy (non-hydrogen) atoms. The van der Waals surface area contributed by atoms with E-state index in [1.165, 1.54) is 0 Å². The number of primary sulfonamides is 1. The molecule has 1 unspecified atom stereocenters. The van der Waals surface area contributed by atoms with Gasteiger partial charge in [-0.05, 0) is 30.7 Å². The van der Waals surface area contributed by atoms with Gasteiger partial charge in [-0.15, -0.1) is 0 Å². The van der Waals surface area contributed by atoms with Crippen LogP contribution in [0, 0.1) is 24.2 Å². The molecule has 0 spiro atoms. The van der Waals surface area contributed by atoms with Crippen LogP contribution in [0.15, 0.2) is 18.2 Å². The number of aryl methyl sites for hydroxylation is 1. The van der Waals surface area contributed by atoms with Crippen molar-refractivity contribution in [2.75, 3.05) is 17.2 Å². The molecule has 0 bridgehead atoms. The molecule has 2 rings (SSSR count). The number of carbonyl (C=O) groups is 1. The van der Waals surface area contributed by atoms with Crippen LogP contribution >= 0.6 is 0 Å². The van der Waals surface area contributed by atoms with E-state index in [2.05, 4.69) is 6.07 Å². The van der Waals surface area contributed by atoms with Gasteiger partial charge in [0.1, 0.15) is 0 Å². The Kier molecular flexibility index (Phi) is 3.79. The fourth-order valence-electron chi connectivity index (χ4n) is 2.41. The van der Waals surface area contributed by atoms with Gasteiger partial charge in [0.25, 0.3) is 0 Å². The summed E-state index contributed by atoms with van der Waals surface area (Å²) in [5, 5.41) is 13.9. The van der Waals surface area contributed by atoms with Crippen molar-refractivity contribution in [1.29, 1.82) is 5.26 Å². The molecule has 7 heteroatoms. The van der Waals surface area contributed by atoms with E-state index >= 15 is 0 Å². The Bertz CT molecular complexity index is 691. The van der Waals surface area contributed by atoms with E-state index in [0.29, 0.717) is 17.8 Å². The molecule has 1 heterocycles. The third-order valence-electron chi connectivity index (χ3n) is 3.32. The second-order valence-corrected chi connectivity index (χ2v) is 6.67. The number of rotatable bonds is 3. The van der Waals surface area contributed by atoms with Crippen LogP contribution < -0.4 is 10.0 Å². The molecule has 106 valence electrons. The zero-order chi connectivity index (χ0) is 14.9. The molecule has 1 atom stereocenters. The number of hydrogen-bond donors (Lipinski definition) is 1. The average Bonchev–Trinajstić information content (AvgIpc) is 2.67. The number of nitriles is 1. The molecule has 1 saturated heterocycles. The molecule has 1 aliphatic heterocycles. The molecular formula is C13H15N3O3S. The van der Waals surface area contributed by atoms with E-state index in [0.717, 1.165) is 5.56 Å². The fraction of sp³-hybridized carbons (Fsp3) is 0.385. The monoisotopic (exact) mass is 293 g/mol. The number of nitrogens with zero attached hydrogens (tertiary/aromatic N) is 2. The number of carbonyl (C=O) groups excluding carboxylic acids is 1. The number of nitrogens with two attached hydrogens (primary N) is 1. The van der Waals surface area contributed by atoms with Crippen molar-refractivity contribution in [3.05, 3.63) is 29.3 Å². The summed E-state index contributed by atoms with van der Waals surface area (Å²) < 4.78 is 22.2. The van der Waals surface area contributed by atoms with Crippen molar-refractivity contribution in [2.45, 2.75) is 13.3 Å². The summed E-state index contributed by atoms with van der Waals surface area (Å²) >= 11 is 0. The third kappa shape index (κ3) is 3.15. The summed E-state index contributed by atoms with van der Waals surface area (Å²) in [6.45, 7) is 2.13. The number of anilines is 1. The minimum Gasteiger partial charge on any atom is -0.312 e. The van der Waals surface area contributed by atoms with Crippen molar-refractivity contribution < 1.29 is 13.2 Å². The first kappa shape index (κ1) is 14.5. The zero-order valence-electron chi connectivity index (χ0n) is 11.0. The van der Waals surface area contributed by atoms with Crippen molar-refractivity contribution >= 4 is 21.6 Å². The Hall–Kier alpha value is -1.91. The Morgan fingerprint density at radius 3 is 2.75 bits per heavy atom. The Labute approximate surface area is 117 Å². The van der Waals surface area contributed by atoms with Gasteiger partial charge in [-0.2, -0.15) is 5.26 Å². The fourth-order valence-corrected chi connectivity index (χ4v) is 3.29. The molecule has 0 aliphatic carbocycles.